The topological polar surface area (TPSA) is 105 Å². The summed E-state index contributed by atoms with van der Waals surface area (Å²) in [7, 11) is 0. The number of fused-ring (bicyclic) bond motifs is 1. The number of hydrazine groups is 1. The molecule has 0 saturated carbocycles. The van der Waals surface area contributed by atoms with Crippen molar-refractivity contribution in [3.63, 3.8) is 0 Å². The first-order valence-electron chi connectivity index (χ1n) is 7.59. The minimum absolute atomic E-state index is 0.0108. The summed E-state index contributed by atoms with van der Waals surface area (Å²) in [5.41, 5.74) is 7.35. The lowest BCUT2D eigenvalue weighted by molar-refractivity contribution is -0.122. The van der Waals surface area contributed by atoms with Gasteiger partial charge in [0.15, 0.2) is 0 Å². The number of amides is 3. The van der Waals surface area contributed by atoms with E-state index in [1.165, 1.54) is 11.8 Å². The van der Waals surface area contributed by atoms with Crippen LogP contribution in [0, 0.1) is 13.8 Å². The Hall–Kier alpha value is -2.81. The first-order valence-corrected chi connectivity index (χ1v) is 8.58. The molecule has 3 amide bonds. The second-order valence-electron chi connectivity index (χ2n) is 5.63. The standard InChI is InChI=1S/C16H17N5O3S/c1-9-5-10(2)21(20-9)7-14(22)18-19-16(24)11-3-4-13-12(6-11)17-15(23)8-25-13/h3-6H,7-8H2,1-2H3,(H,17,23)(H,18,22)(H,19,24). The van der Waals surface area contributed by atoms with E-state index < -0.39 is 5.91 Å². The van der Waals surface area contributed by atoms with E-state index in [-0.39, 0.29) is 18.4 Å². The maximum absolute atomic E-state index is 12.2. The first kappa shape index (κ1) is 17.0. The van der Waals surface area contributed by atoms with Gasteiger partial charge < -0.3 is 5.32 Å². The van der Waals surface area contributed by atoms with Gasteiger partial charge >= 0.3 is 0 Å². The van der Waals surface area contributed by atoms with E-state index in [1.807, 2.05) is 19.9 Å². The van der Waals surface area contributed by atoms with Crippen LogP contribution in [0.4, 0.5) is 5.69 Å². The third-order valence-electron chi connectivity index (χ3n) is 3.59. The molecule has 0 bridgehead atoms. The summed E-state index contributed by atoms with van der Waals surface area (Å²) in [5, 5.41) is 6.91. The van der Waals surface area contributed by atoms with E-state index in [1.54, 1.807) is 22.9 Å². The lowest BCUT2D eigenvalue weighted by Gasteiger charge is -2.17. The molecule has 8 nitrogen and oxygen atoms in total. The maximum Gasteiger partial charge on any atom is 0.269 e. The van der Waals surface area contributed by atoms with Crippen molar-refractivity contribution < 1.29 is 14.4 Å². The molecule has 0 aliphatic carbocycles. The number of carbonyl (C=O) groups excluding carboxylic acids is 3. The van der Waals surface area contributed by atoms with E-state index in [0.717, 1.165) is 16.3 Å². The van der Waals surface area contributed by atoms with E-state index >= 15 is 0 Å². The summed E-state index contributed by atoms with van der Waals surface area (Å²) in [6.07, 6.45) is 0. The number of hydrogen-bond donors (Lipinski definition) is 3. The Morgan fingerprint density at radius 1 is 1.28 bits per heavy atom. The molecule has 25 heavy (non-hydrogen) atoms. The van der Waals surface area contributed by atoms with Gasteiger partial charge in [-0.3, -0.25) is 29.9 Å². The number of aryl methyl sites for hydroxylation is 2. The number of nitrogens with one attached hydrogen (secondary N) is 3. The van der Waals surface area contributed by atoms with Gasteiger partial charge in [0.1, 0.15) is 6.54 Å². The van der Waals surface area contributed by atoms with Crippen molar-refractivity contribution in [1.82, 2.24) is 20.6 Å². The predicted molar refractivity (Wildman–Crippen MR) is 93.1 cm³/mol. The summed E-state index contributed by atoms with van der Waals surface area (Å²) in [6, 6.07) is 6.87. The van der Waals surface area contributed by atoms with Crippen molar-refractivity contribution >= 4 is 35.2 Å². The Labute approximate surface area is 148 Å². The van der Waals surface area contributed by atoms with Crippen LogP contribution in [0.25, 0.3) is 0 Å². The second-order valence-corrected chi connectivity index (χ2v) is 6.65. The van der Waals surface area contributed by atoms with Crippen molar-refractivity contribution in [3.05, 3.63) is 41.2 Å². The van der Waals surface area contributed by atoms with Gasteiger partial charge in [-0.2, -0.15) is 5.10 Å². The van der Waals surface area contributed by atoms with E-state index in [4.69, 9.17) is 0 Å². The van der Waals surface area contributed by atoms with Gasteiger partial charge in [0.25, 0.3) is 11.8 Å². The third kappa shape index (κ3) is 4.00. The predicted octanol–water partition coefficient (Wildman–Crippen LogP) is 1.01. The third-order valence-corrected chi connectivity index (χ3v) is 4.66. The molecule has 1 aromatic heterocycles. The fourth-order valence-electron chi connectivity index (χ4n) is 2.43. The summed E-state index contributed by atoms with van der Waals surface area (Å²) in [6.45, 7) is 3.71. The highest BCUT2D eigenvalue weighted by Crippen LogP contribution is 2.31. The summed E-state index contributed by atoms with van der Waals surface area (Å²) < 4.78 is 1.56. The molecule has 2 heterocycles. The molecule has 0 unspecified atom stereocenters. The number of hydrogen-bond acceptors (Lipinski definition) is 5. The Kier molecular flexibility index (Phi) is 4.75. The molecule has 0 fully saturated rings. The molecule has 1 aromatic carbocycles. The zero-order chi connectivity index (χ0) is 18.0. The molecule has 2 aromatic rings. The molecule has 1 aliphatic heterocycles. The van der Waals surface area contributed by atoms with Gasteiger partial charge in [0, 0.05) is 16.2 Å². The first-order chi connectivity index (χ1) is 11.9. The van der Waals surface area contributed by atoms with Crippen LogP contribution in [0.15, 0.2) is 29.2 Å². The van der Waals surface area contributed by atoms with Crippen LogP contribution in [0.3, 0.4) is 0 Å². The zero-order valence-electron chi connectivity index (χ0n) is 13.8. The Morgan fingerprint density at radius 2 is 2.08 bits per heavy atom. The number of aromatic nitrogens is 2. The number of rotatable bonds is 3. The van der Waals surface area contributed by atoms with Gasteiger partial charge in [-0.25, -0.2) is 0 Å². The van der Waals surface area contributed by atoms with Gasteiger partial charge in [-0.15, -0.1) is 11.8 Å². The van der Waals surface area contributed by atoms with Crippen LogP contribution in [-0.4, -0.2) is 33.3 Å². The molecular weight excluding hydrogens is 342 g/mol. The monoisotopic (exact) mass is 359 g/mol. The quantitative estimate of drug-likeness (QED) is 0.709. The van der Waals surface area contributed by atoms with E-state index in [9.17, 15) is 14.4 Å². The second kappa shape index (κ2) is 6.98. The highest BCUT2D eigenvalue weighted by molar-refractivity contribution is 8.00. The molecule has 0 spiro atoms. The molecule has 1 aliphatic rings. The fourth-order valence-corrected chi connectivity index (χ4v) is 3.22. The van der Waals surface area contributed by atoms with Crippen molar-refractivity contribution in [2.24, 2.45) is 0 Å². The molecule has 9 heteroatoms. The van der Waals surface area contributed by atoms with Crippen LogP contribution in [-0.2, 0) is 16.1 Å². The normalized spacial score (nSPS) is 13.0. The molecular formula is C16H17N5O3S. The molecule has 0 atom stereocenters. The van der Waals surface area contributed by atoms with Crippen LogP contribution in [0.5, 0.6) is 0 Å². The van der Waals surface area contributed by atoms with Crippen molar-refractivity contribution in [2.75, 3.05) is 11.1 Å². The van der Waals surface area contributed by atoms with Crippen LogP contribution in [0.2, 0.25) is 0 Å². The summed E-state index contributed by atoms with van der Waals surface area (Å²) >= 11 is 1.42. The van der Waals surface area contributed by atoms with Crippen molar-refractivity contribution in [1.29, 1.82) is 0 Å². The summed E-state index contributed by atoms with van der Waals surface area (Å²) in [5.74, 6) is -0.593. The Balaban J connectivity index is 1.59. The van der Waals surface area contributed by atoms with Gasteiger partial charge in [0.2, 0.25) is 5.91 Å². The number of nitrogens with zero attached hydrogens (tertiary/aromatic N) is 2. The number of carbonyl (C=O) groups is 3. The van der Waals surface area contributed by atoms with E-state index in [2.05, 4.69) is 21.3 Å². The van der Waals surface area contributed by atoms with E-state index in [0.29, 0.717) is 17.0 Å². The molecule has 0 saturated heterocycles. The number of benzene rings is 1. The molecule has 3 N–H and O–H groups in total. The van der Waals surface area contributed by atoms with Gasteiger partial charge in [0.05, 0.1) is 17.1 Å². The molecule has 0 radical (unpaired) electrons. The number of thioether (sulfide) groups is 1. The molecule has 130 valence electrons. The SMILES string of the molecule is Cc1cc(C)n(CC(=O)NNC(=O)c2ccc3c(c2)NC(=O)CS3)n1. The van der Waals surface area contributed by atoms with Crippen molar-refractivity contribution in [3.8, 4) is 0 Å². The van der Waals surface area contributed by atoms with Crippen LogP contribution in [0.1, 0.15) is 21.7 Å². The fraction of sp³-hybridized carbons (Fsp3) is 0.250. The largest absolute Gasteiger partial charge is 0.324 e. The minimum atomic E-state index is -0.464. The lowest BCUT2D eigenvalue weighted by atomic mass is 10.2. The lowest BCUT2D eigenvalue weighted by Crippen LogP contribution is -2.43. The summed E-state index contributed by atoms with van der Waals surface area (Å²) in [4.78, 5) is 36.4. The smallest absolute Gasteiger partial charge is 0.269 e. The zero-order valence-corrected chi connectivity index (χ0v) is 14.6. The van der Waals surface area contributed by atoms with Crippen LogP contribution >= 0.6 is 11.8 Å². The maximum atomic E-state index is 12.2. The average Bonchev–Trinajstić information content (AvgIpc) is 2.89. The average molecular weight is 359 g/mol. The molecule has 3 rings (SSSR count). The van der Waals surface area contributed by atoms with Gasteiger partial charge in [-0.05, 0) is 38.1 Å². The minimum Gasteiger partial charge on any atom is -0.324 e. The Morgan fingerprint density at radius 3 is 2.80 bits per heavy atom. The van der Waals surface area contributed by atoms with Crippen LogP contribution < -0.4 is 16.2 Å². The highest BCUT2D eigenvalue weighted by Gasteiger charge is 2.17. The van der Waals surface area contributed by atoms with Gasteiger partial charge in [-0.1, -0.05) is 0 Å². The van der Waals surface area contributed by atoms with Crippen molar-refractivity contribution in [2.45, 2.75) is 25.3 Å². The number of anilines is 1. The Bertz CT molecular complexity index is 861. The highest BCUT2D eigenvalue weighted by atomic mass is 32.2.